The fraction of sp³-hybridized carbons (Fsp3) is 0.474. The van der Waals surface area contributed by atoms with Gasteiger partial charge in [-0.05, 0) is 39.8 Å². The smallest absolute Gasteiger partial charge is 0.191 e. The molecule has 0 bridgehead atoms. The maximum absolute atomic E-state index is 13.2. The van der Waals surface area contributed by atoms with Crippen LogP contribution in [0.4, 0.5) is 4.39 Å². The maximum Gasteiger partial charge on any atom is 0.191 e. The van der Waals surface area contributed by atoms with Crippen molar-refractivity contribution in [3.63, 3.8) is 0 Å². The Bertz CT molecular complexity index is 763. The summed E-state index contributed by atoms with van der Waals surface area (Å²) >= 11 is 0. The van der Waals surface area contributed by atoms with Crippen molar-refractivity contribution in [2.24, 2.45) is 12.0 Å². The van der Waals surface area contributed by atoms with Crippen molar-refractivity contribution in [1.82, 2.24) is 20.4 Å². The lowest BCUT2D eigenvalue weighted by atomic mass is 10.2. The van der Waals surface area contributed by atoms with Crippen LogP contribution in [-0.2, 0) is 13.6 Å². The summed E-state index contributed by atoms with van der Waals surface area (Å²) in [6, 6.07) is 6.15. The van der Waals surface area contributed by atoms with Crippen LogP contribution in [0.5, 0.6) is 5.75 Å². The second-order valence-corrected chi connectivity index (χ2v) is 6.23. The predicted octanol–water partition coefficient (Wildman–Crippen LogP) is 3.32. The molecule has 2 rings (SSSR count). The minimum atomic E-state index is -0.306. The van der Waals surface area contributed by atoms with Crippen LogP contribution in [0.2, 0.25) is 0 Å². The Morgan fingerprint density at radius 3 is 2.67 bits per heavy atom. The number of aliphatic imine (C=N–C) groups is 1. The number of nitrogens with zero attached hydrogens (tertiary/aromatic N) is 3. The van der Waals surface area contributed by atoms with Gasteiger partial charge >= 0.3 is 0 Å². The molecule has 0 saturated carbocycles. The van der Waals surface area contributed by atoms with Crippen molar-refractivity contribution in [3.05, 3.63) is 47.0 Å². The summed E-state index contributed by atoms with van der Waals surface area (Å²) in [6.07, 6.45) is -0.137. The van der Waals surface area contributed by atoms with Gasteiger partial charge in [0.05, 0.1) is 18.8 Å². The summed E-state index contributed by atoms with van der Waals surface area (Å²) in [5, 5.41) is 10.9. The number of nitrogens with one attached hydrogen (secondary N) is 2. The average Bonchev–Trinajstić information content (AvgIpc) is 2.83. The van der Waals surface area contributed by atoms with Gasteiger partial charge in [-0.2, -0.15) is 5.10 Å². The zero-order valence-electron chi connectivity index (χ0n) is 16.5. The van der Waals surface area contributed by atoms with Gasteiger partial charge in [0.25, 0.3) is 0 Å². The van der Waals surface area contributed by atoms with E-state index in [4.69, 9.17) is 4.74 Å². The van der Waals surface area contributed by atoms with E-state index in [2.05, 4.69) is 20.7 Å². The Kier molecular flexibility index (Phi) is 9.54. The third-order valence-electron chi connectivity index (χ3n) is 4.09. The van der Waals surface area contributed by atoms with Crippen LogP contribution in [0.25, 0.3) is 0 Å². The first-order valence-electron chi connectivity index (χ1n) is 8.84. The van der Waals surface area contributed by atoms with Gasteiger partial charge in [0.1, 0.15) is 17.7 Å². The number of aromatic nitrogens is 2. The van der Waals surface area contributed by atoms with Gasteiger partial charge < -0.3 is 15.4 Å². The highest BCUT2D eigenvalue weighted by molar-refractivity contribution is 14.0. The van der Waals surface area contributed by atoms with Crippen LogP contribution in [0, 0.1) is 19.7 Å². The van der Waals surface area contributed by atoms with Crippen LogP contribution in [0.15, 0.2) is 29.3 Å². The first-order valence-corrected chi connectivity index (χ1v) is 8.84. The summed E-state index contributed by atoms with van der Waals surface area (Å²) < 4.78 is 20.8. The lowest BCUT2D eigenvalue weighted by Crippen LogP contribution is -2.41. The van der Waals surface area contributed by atoms with Crippen molar-refractivity contribution in [2.45, 2.75) is 40.3 Å². The predicted molar refractivity (Wildman–Crippen MR) is 117 cm³/mol. The van der Waals surface area contributed by atoms with E-state index in [0.717, 1.165) is 23.5 Å². The second-order valence-electron chi connectivity index (χ2n) is 6.23. The van der Waals surface area contributed by atoms with Crippen molar-refractivity contribution in [1.29, 1.82) is 0 Å². The SMILES string of the molecule is CCNC(=NCc1c(C)nn(C)c1C)NCC(C)Oc1cccc(F)c1.I. The molecule has 0 aliphatic heterocycles. The topological polar surface area (TPSA) is 63.5 Å². The van der Waals surface area contributed by atoms with Gasteiger partial charge in [-0.15, -0.1) is 24.0 Å². The molecule has 0 aliphatic carbocycles. The Hall–Kier alpha value is -1.84. The fourth-order valence-corrected chi connectivity index (χ4v) is 2.60. The van der Waals surface area contributed by atoms with Gasteiger partial charge in [0, 0.05) is 30.9 Å². The number of benzene rings is 1. The van der Waals surface area contributed by atoms with Crippen molar-refractivity contribution in [3.8, 4) is 5.75 Å². The highest BCUT2D eigenvalue weighted by Gasteiger charge is 2.10. The highest BCUT2D eigenvalue weighted by Crippen LogP contribution is 2.14. The second kappa shape index (κ2) is 11.1. The molecule has 0 spiro atoms. The third kappa shape index (κ3) is 7.00. The Labute approximate surface area is 177 Å². The minimum absolute atomic E-state index is 0. The van der Waals surface area contributed by atoms with E-state index in [9.17, 15) is 4.39 Å². The summed E-state index contributed by atoms with van der Waals surface area (Å²) in [4.78, 5) is 4.64. The van der Waals surface area contributed by atoms with E-state index in [1.54, 1.807) is 12.1 Å². The molecule has 1 atom stereocenters. The molecule has 0 fully saturated rings. The molecule has 1 heterocycles. The molecule has 0 amide bonds. The average molecular weight is 489 g/mol. The molecule has 2 N–H and O–H groups in total. The van der Waals surface area contributed by atoms with Crippen LogP contribution in [0.1, 0.15) is 30.8 Å². The number of hydrogen-bond acceptors (Lipinski definition) is 3. The molecule has 1 unspecified atom stereocenters. The van der Waals surface area contributed by atoms with Gasteiger partial charge in [0.15, 0.2) is 5.96 Å². The molecule has 0 aliphatic rings. The van der Waals surface area contributed by atoms with Crippen molar-refractivity contribution in [2.75, 3.05) is 13.1 Å². The summed E-state index contributed by atoms with van der Waals surface area (Å²) in [7, 11) is 1.93. The van der Waals surface area contributed by atoms with Gasteiger partial charge in [-0.1, -0.05) is 6.07 Å². The zero-order valence-corrected chi connectivity index (χ0v) is 18.9. The van der Waals surface area contributed by atoms with E-state index in [1.807, 2.05) is 39.4 Å². The van der Waals surface area contributed by atoms with Crippen molar-refractivity contribution >= 4 is 29.9 Å². The minimum Gasteiger partial charge on any atom is -0.489 e. The molecule has 6 nitrogen and oxygen atoms in total. The molecule has 2 aromatic rings. The zero-order chi connectivity index (χ0) is 19.1. The van der Waals surface area contributed by atoms with Crippen LogP contribution in [-0.4, -0.2) is 34.9 Å². The number of hydrogen-bond donors (Lipinski definition) is 2. The lowest BCUT2D eigenvalue weighted by molar-refractivity contribution is 0.223. The van der Waals surface area contributed by atoms with E-state index in [-0.39, 0.29) is 35.9 Å². The number of guanidine groups is 1. The molecule has 0 radical (unpaired) electrons. The number of aryl methyl sites for hydroxylation is 2. The van der Waals surface area contributed by atoms with E-state index in [1.165, 1.54) is 12.1 Å². The molecule has 1 aromatic heterocycles. The number of halogens is 2. The molecular formula is C19H29FIN5O. The maximum atomic E-state index is 13.2. The summed E-state index contributed by atoms with van der Waals surface area (Å²) in [6.45, 7) is 9.85. The molecule has 8 heteroatoms. The van der Waals surface area contributed by atoms with Gasteiger partial charge in [-0.25, -0.2) is 9.38 Å². The number of rotatable bonds is 7. The molecule has 150 valence electrons. The van der Waals surface area contributed by atoms with E-state index >= 15 is 0 Å². The van der Waals surface area contributed by atoms with E-state index < -0.39 is 0 Å². The lowest BCUT2D eigenvalue weighted by Gasteiger charge is -2.17. The molecule has 27 heavy (non-hydrogen) atoms. The van der Waals surface area contributed by atoms with Gasteiger partial charge in [0.2, 0.25) is 0 Å². The summed E-state index contributed by atoms with van der Waals surface area (Å²) in [5.74, 6) is 0.924. The highest BCUT2D eigenvalue weighted by atomic mass is 127. The monoisotopic (exact) mass is 489 g/mol. The largest absolute Gasteiger partial charge is 0.489 e. The van der Waals surface area contributed by atoms with Crippen molar-refractivity contribution < 1.29 is 9.13 Å². The standard InChI is InChI=1S/C19H28FN5O.HI/c1-6-21-19(23-12-18-14(3)24-25(5)15(18)4)22-11-13(2)26-17-9-7-8-16(20)10-17;/h7-10,13H,6,11-12H2,1-5H3,(H2,21,22,23);1H. The fourth-order valence-electron chi connectivity index (χ4n) is 2.60. The normalized spacial score (nSPS) is 12.3. The van der Waals surface area contributed by atoms with E-state index in [0.29, 0.717) is 24.8 Å². The van der Waals surface area contributed by atoms with Gasteiger partial charge in [-0.3, -0.25) is 4.68 Å². The Balaban J connectivity index is 0.00000364. The first-order chi connectivity index (χ1) is 12.4. The summed E-state index contributed by atoms with van der Waals surface area (Å²) in [5.41, 5.74) is 3.24. The van der Waals surface area contributed by atoms with Crippen LogP contribution in [0.3, 0.4) is 0 Å². The quantitative estimate of drug-likeness (QED) is 0.356. The molecular weight excluding hydrogens is 460 g/mol. The molecule has 0 saturated heterocycles. The third-order valence-corrected chi connectivity index (χ3v) is 4.09. The Morgan fingerprint density at radius 2 is 2.07 bits per heavy atom. The Morgan fingerprint density at radius 1 is 1.33 bits per heavy atom. The van der Waals surface area contributed by atoms with Crippen LogP contribution >= 0.6 is 24.0 Å². The number of ether oxygens (including phenoxy) is 1. The first kappa shape index (κ1) is 23.2. The molecule has 1 aromatic carbocycles. The van der Waals surface area contributed by atoms with Crippen LogP contribution < -0.4 is 15.4 Å².